The number of hydrogen-bond acceptors (Lipinski definition) is 4. The molecule has 4 nitrogen and oxygen atoms in total. The lowest BCUT2D eigenvalue weighted by molar-refractivity contribution is 0.614. The number of halogens is 3. The van der Waals surface area contributed by atoms with Gasteiger partial charge in [0.2, 0.25) is 5.28 Å². The van der Waals surface area contributed by atoms with Crippen molar-refractivity contribution in [3.8, 4) is 0 Å². The van der Waals surface area contributed by atoms with E-state index in [4.69, 9.17) is 28.9 Å². The Morgan fingerprint density at radius 1 is 1.33 bits per heavy atom. The Morgan fingerprint density at radius 2 is 2.11 bits per heavy atom. The van der Waals surface area contributed by atoms with Crippen molar-refractivity contribution in [3.05, 3.63) is 46.1 Å². The molecule has 3 N–H and O–H groups in total. The number of nitrogens with two attached hydrogens (primary N) is 1. The highest BCUT2D eigenvalue weighted by molar-refractivity contribution is 6.33. The van der Waals surface area contributed by atoms with Crippen molar-refractivity contribution in [2.75, 3.05) is 11.1 Å². The van der Waals surface area contributed by atoms with E-state index < -0.39 is 5.82 Å². The molecule has 2 rings (SSSR count). The Morgan fingerprint density at radius 3 is 2.83 bits per heavy atom. The van der Waals surface area contributed by atoms with E-state index in [-0.39, 0.29) is 11.8 Å². The van der Waals surface area contributed by atoms with Crippen LogP contribution in [0.4, 0.5) is 15.9 Å². The number of hydrogen-bond donors (Lipinski definition) is 2. The van der Waals surface area contributed by atoms with Gasteiger partial charge in [-0.05, 0) is 23.7 Å². The largest absolute Gasteiger partial charge is 0.398 e. The molecule has 94 valence electrons. The first-order chi connectivity index (χ1) is 8.58. The molecule has 0 saturated heterocycles. The van der Waals surface area contributed by atoms with Gasteiger partial charge in [-0.15, -0.1) is 0 Å². The van der Waals surface area contributed by atoms with Crippen molar-refractivity contribution < 1.29 is 4.39 Å². The van der Waals surface area contributed by atoms with Crippen LogP contribution in [-0.2, 0) is 6.54 Å². The van der Waals surface area contributed by atoms with Gasteiger partial charge < -0.3 is 11.1 Å². The second-order valence-electron chi connectivity index (χ2n) is 3.50. The van der Waals surface area contributed by atoms with Crippen LogP contribution in [0.15, 0.2) is 24.4 Å². The molecule has 0 unspecified atom stereocenters. The summed E-state index contributed by atoms with van der Waals surface area (Å²) in [6.45, 7) is 0.158. The SMILES string of the molecule is Nc1cccc(F)c1CNc1nc(Cl)ncc1Cl. The lowest BCUT2D eigenvalue weighted by atomic mass is 10.1. The second kappa shape index (κ2) is 5.37. The molecule has 18 heavy (non-hydrogen) atoms. The van der Waals surface area contributed by atoms with Crippen LogP contribution in [0.1, 0.15) is 5.56 Å². The zero-order valence-corrected chi connectivity index (χ0v) is 10.6. The second-order valence-corrected chi connectivity index (χ2v) is 4.24. The average molecular weight is 287 g/mol. The molecule has 0 fully saturated rings. The van der Waals surface area contributed by atoms with Crippen molar-refractivity contribution in [1.82, 2.24) is 9.97 Å². The maximum absolute atomic E-state index is 13.5. The van der Waals surface area contributed by atoms with Gasteiger partial charge in [-0.3, -0.25) is 0 Å². The van der Waals surface area contributed by atoms with Crippen molar-refractivity contribution in [2.24, 2.45) is 0 Å². The first kappa shape index (κ1) is 12.9. The highest BCUT2D eigenvalue weighted by Gasteiger charge is 2.08. The molecule has 1 aromatic heterocycles. The Hall–Kier alpha value is -1.59. The monoisotopic (exact) mass is 286 g/mol. The molecule has 0 saturated carbocycles. The standard InChI is InChI=1S/C11H9Cl2FN4/c12-7-5-17-11(13)18-10(7)16-4-6-8(14)2-1-3-9(6)15/h1-3,5H,4,15H2,(H,16,17,18). The van der Waals surface area contributed by atoms with E-state index in [9.17, 15) is 4.39 Å². The molecule has 0 atom stereocenters. The molecule has 0 bridgehead atoms. The van der Waals surface area contributed by atoms with E-state index in [1.54, 1.807) is 12.1 Å². The highest BCUT2D eigenvalue weighted by atomic mass is 35.5. The normalized spacial score (nSPS) is 10.4. The summed E-state index contributed by atoms with van der Waals surface area (Å²) in [5, 5.41) is 3.22. The summed E-state index contributed by atoms with van der Waals surface area (Å²) in [4.78, 5) is 7.61. The average Bonchev–Trinajstić information content (AvgIpc) is 2.33. The minimum absolute atomic E-state index is 0.0587. The van der Waals surface area contributed by atoms with Gasteiger partial charge in [0.05, 0.1) is 6.20 Å². The third kappa shape index (κ3) is 2.80. The lowest BCUT2D eigenvalue weighted by Crippen LogP contribution is -2.07. The van der Waals surface area contributed by atoms with Gasteiger partial charge in [0.1, 0.15) is 16.7 Å². The molecule has 0 aliphatic carbocycles. The van der Waals surface area contributed by atoms with Crippen LogP contribution in [0.25, 0.3) is 0 Å². The van der Waals surface area contributed by atoms with E-state index >= 15 is 0 Å². The third-order valence-corrected chi connectivity index (χ3v) is 2.76. The Balaban J connectivity index is 2.19. The zero-order chi connectivity index (χ0) is 13.1. The zero-order valence-electron chi connectivity index (χ0n) is 9.12. The van der Waals surface area contributed by atoms with Crippen LogP contribution in [0.3, 0.4) is 0 Å². The minimum atomic E-state index is -0.390. The summed E-state index contributed by atoms with van der Waals surface area (Å²) in [6, 6.07) is 4.50. The van der Waals surface area contributed by atoms with E-state index in [1.807, 2.05) is 0 Å². The molecule has 0 radical (unpaired) electrons. The fourth-order valence-electron chi connectivity index (χ4n) is 1.40. The number of nitrogens with zero attached hydrogens (tertiary/aromatic N) is 2. The van der Waals surface area contributed by atoms with Crippen molar-refractivity contribution in [3.63, 3.8) is 0 Å². The molecular weight excluding hydrogens is 278 g/mol. The van der Waals surface area contributed by atoms with Gasteiger partial charge in [-0.1, -0.05) is 17.7 Å². The van der Waals surface area contributed by atoms with Crippen LogP contribution in [0.5, 0.6) is 0 Å². The number of benzene rings is 1. The fraction of sp³-hybridized carbons (Fsp3) is 0.0909. The lowest BCUT2D eigenvalue weighted by Gasteiger charge is -2.10. The predicted molar refractivity (Wildman–Crippen MR) is 70.2 cm³/mol. The quantitative estimate of drug-likeness (QED) is 0.672. The Bertz CT molecular complexity index is 557. The van der Waals surface area contributed by atoms with E-state index in [0.29, 0.717) is 22.1 Å². The van der Waals surface area contributed by atoms with Gasteiger partial charge in [-0.25, -0.2) is 9.37 Å². The van der Waals surface area contributed by atoms with Crippen molar-refractivity contribution >= 4 is 34.7 Å². The van der Waals surface area contributed by atoms with E-state index in [0.717, 1.165) is 0 Å². The Labute approximate surface area is 113 Å². The van der Waals surface area contributed by atoms with Gasteiger partial charge in [-0.2, -0.15) is 4.98 Å². The predicted octanol–water partition coefficient (Wildman–Crippen LogP) is 3.12. The smallest absolute Gasteiger partial charge is 0.224 e. The van der Waals surface area contributed by atoms with Gasteiger partial charge in [0.15, 0.2) is 0 Å². The Kier molecular flexibility index (Phi) is 3.84. The summed E-state index contributed by atoms with van der Waals surface area (Å²) < 4.78 is 13.5. The number of nitrogen functional groups attached to an aromatic ring is 1. The molecule has 0 amide bonds. The summed E-state index contributed by atoms with van der Waals surface area (Å²) in [6.07, 6.45) is 1.37. The maximum Gasteiger partial charge on any atom is 0.224 e. The number of rotatable bonds is 3. The molecule has 0 spiro atoms. The van der Waals surface area contributed by atoms with Crippen LogP contribution in [0, 0.1) is 5.82 Å². The van der Waals surface area contributed by atoms with E-state index in [1.165, 1.54) is 12.3 Å². The molecule has 0 aliphatic rings. The van der Waals surface area contributed by atoms with E-state index in [2.05, 4.69) is 15.3 Å². The summed E-state index contributed by atoms with van der Waals surface area (Å²) >= 11 is 11.5. The van der Waals surface area contributed by atoms with Gasteiger partial charge in [0.25, 0.3) is 0 Å². The summed E-state index contributed by atoms with van der Waals surface area (Å²) in [5.41, 5.74) is 6.39. The van der Waals surface area contributed by atoms with Crippen LogP contribution >= 0.6 is 23.2 Å². The molecule has 1 aromatic carbocycles. The van der Waals surface area contributed by atoms with Gasteiger partial charge >= 0.3 is 0 Å². The summed E-state index contributed by atoms with van der Waals surface area (Å²) in [5.74, 6) is -0.0573. The van der Waals surface area contributed by atoms with Crippen LogP contribution in [0.2, 0.25) is 10.3 Å². The maximum atomic E-state index is 13.5. The topological polar surface area (TPSA) is 63.8 Å². The molecule has 2 aromatic rings. The number of aromatic nitrogens is 2. The molecule has 0 aliphatic heterocycles. The van der Waals surface area contributed by atoms with Gasteiger partial charge in [0, 0.05) is 17.8 Å². The molecule has 1 heterocycles. The van der Waals surface area contributed by atoms with Crippen molar-refractivity contribution in [1.29, 1.82) is 0 Å². The molecular formula is C11H9Cl2FN4. The third-order valence-electron chi connectivity index (χ3n) is 2.30. The summed E-state index contributed by atoms with van der Waals surface area (Å²) in [7, 11) is 0. The molecule has 7 heteroatoms. The van der Waals surface area contributed by atoms with Crippen molar-refractivity contribution in [2.45, 2.75) is 6.54 Å². The minimum Gasteiger partial charge on any atom is -0.398 e. The van der Waals surface area contributed by atoms with Crippen LogP contribution in [-0.4, -0.2) is 9.97 Å². The fourth-order valence-corrected chi connectivity index (χ4v) is 1.69. The number of nitrogens with one attached hydrogen (secondary N) is 1. The van der Waals surface area contributed by atoms with Crippen LogP contribution < -0.4 is 11.1 Å². The highest BCUT2D eigenvalue weighted by Crippen LogP contribution is 2.22. The number of anilines is 2. The first-order valence-corrected chi connectivity index (χ1v) is 5.78. The first-order valence-electron chi connectivity index (χ1n) is 5.02.